The standard InChI is InChI=1S/C26H35ClF2O4/c1-3-23(28)25(30)32-19-10-5-16(6-11-19)18-9-14-21(22(27)15-18)17-7-12-20(13-8-17)33-26(31)24(29)4-2/h9,14-17,19-20,23-24H,3-8,10-13H2,1-2H3/t16-,17-,19-,20-,23-,24-/m0/s1. The molecule has 0 unspecified atom stereocenters. The van der Waals surface area contributed by atoms with E-state index in [1.54, 1.807) is 13.8 Å². The number of benzene rings is 1. The van der Waals surface area contributed by atoms with Crippen LogP contribution in [0.5, 0.6) is 0 Å². The van der Waals surface area contributed by atoms with E-state index in [4.69, 9.17) is 21.1 Å². The average molecular weight is 485 g/mol. The van der Waals surface area contributed by atoms with Crippen LogP contribution in [0.15, 0.2) is 18.2 Å². The predicted molar refractivity (Wildman–Crippen MR) is 124 cm³/mol. The van der Waals surface area contributed by atoms with Crippen molar-refractivity contribution in [1.29, 1.82) is 0 Å². The molecule has 2 atom stereocenters. The minimum atomic E-state index is -1.54. The van der Waals surface area contributed by atoms with Crippen LogP contribution >= 0.6 is 11.6 Å². The predicted octanol–water partition coefficient (Wildman–Crippen LogP) is 6.98. The van der Waals surface area contributed by atoms with E-state index in [2.05, 4.69) is 12.1 Å². The zero-order chi connectivity index (χ0) is 24.0. The first-order valence-corrected chi connectivity index (χ1v) is 12.7. The molecule has 0 aromatic heterocycles. The van der Waals surface area contributed by atoms with E-state index >= 15 is 0 Å². The van der Waals surface area contributed by atoms with Crippen molar-refractivity contribution >= 4 is 23.5 Å². The summed E-state index contributed by atoms with van der Waals surface area (Å²) in [5.41, 5.74) is 2.29. The Morgan fingerprint density at radius 3 is 1.73 bits per heavy atom. The van der Waals surface area contributed by atoms with Crippen molar-refractivity contribution in [3.63, 3.8) is 0 Å². The van der Waals surface area contributed by atoms with E-state index in [1.807, 2.05) is 6.07 Å². The van der Waals surface area contributed by atoms with Crippen molar-refractivity contribution in [2.24, 2.45) is 0 Å². The highest BCUT2D eigenvalue weighted by atomic mass is 35.5. The number of hydrogen-bond donors (Lipinski definition) is 0. The molecule has 1 aromatic rings. The summed E-state index contributed by atoms with van der Waals surface area (Å²) in [6.45, 7) is 3.26. The molecule has 2 saturated carbocycles. The van der Waals surface area contributed by atoms with Gasteiger partial charge in [-0.3, -0.25) is 0 Å². The highest BCUT2D eigenvalue weighted by Crippen LogP contribution is 2.40. The van der Waals surface area contributed by atoms with Gasteiger partial charge in [-0.25, -0.2) is 18.4 Å². The summed E-state index contributed by atoms with van der Waals surface area (Å²) in [4.78, 5) is 23.4. The Bertz CT molecular complexity index is 801. The molecule has 0 N–H and O–H groups in total. The highest BCUT2D eigenvalue weighted by Gasteiger charge is 2.30. The van der Waals surface area contributed by atoms with Crippen molar-refractivity contribution < 1.29 is 27.8 Å². The Morgan fingerprint density at radius 1 is 0.848 bits per heavy atom. The molecule has 33 heavy (non-hydrogen) atoms. The molecule has 7 heteroatoms. The Hall–Kier alpha value is -1.69. The van der Waals surface area contributed by atoms with Crippen LogP contribution in [0.2, 0.25) is 5.02 Å². The molecule has 0 bridgehead atoms. The molecule has 184 valence electrons. The highest BCUT2D eigenvalue weighted by molar-refractivity contribution is 6.31. The first-order chi connectivity index (χ1) is 15.8. The van der Waals surface area contributed by atoms with Crippen molar-refractivity contribution in [3.05, 3.63) is 34.3 Å². The van der Waals surface area contributed by atoms with Gasteiger partial charge in [0.15, 0.2) is 12.3 Å². The summed E-state index contributed by atoms with van der Waals surface area (Å²) in [7, 11) is 0. The Kier molecular flexibility index (Phi) is 9.54. The van der Waals surface area contributed by atoms with Crippen LogP contribution in [0, 0.1) is 0 Å². The maximum Gasteiger partial charge on any atom is 0.340 e. The number of esters is 2. The van der Waals surface area contributed by atoms with E-state index in [0.29, 0.717) is 24.7 Å². The van der Waals surface area contributed by atoms with E-state index < -0.39 is 24.3 Å². The minimum absolute atomic E-state index is 0.139. The molecule has 2 fully saturated rings. The fourth-order valence-corrected chi connectivity index (χ4v) is 5.29. The van der Waals surface area contributed by atoms with Crippen LogP contribution in [0.4, 0.5) is 8.78 Å². The second-order valence-corrected chi connectivity index (χ2v) is 9.76. The fraction of sp³-hybridized carbons (Fsp3) is 0.692. The molecule has 0 spiro atoms. The van der Waals surface area contributed by atoms with Gasteiger partial charge >= 0.3 is 11.9 Å². The number of carbonyl (C=O) groups excluding carboxylic acids is 2. The molecule has 3 rings (SSSR count). The van der Waals surface area contributed by atoms with Gasteiger partial charge in [-0.15, -0.1) is 0 Å². The molecule has 0 amide bonds. The zero-order valence-corrected chi connectivity index (χ0v) is 20.3. The number of carbonyl (C=O) groups is 2. The number of ether oxygens (including phenoxy) is 2. The van der Waals surface area contributed by atoms with Gasteiger partial charge in [-0.05, 0) is 93.2 Å². The Labute approximate surface area is 200 Å². The van der Waals surface area contributed by atoms with E-state index in [1.165, 1.54) is 5.56 Å². The SMILES string of the molecule is CC[C@H](F)C(=O)O[C@H]1CC[C@H](c2ccc([C@H]3CC[C@H](OC(=O)[C@@H](F)CC)CC3)c(Cl)c2)CC1. The van der Waals surface area contributed by atoms with Gasteiger partial charge in [0.25, 0.3) is 0 Å². The first-order valence-electron chi connectivity index (χ1n) is 12.3. The lowest BCUT2D eigenvalue weighted by molar-refractivity contribution is -0.157. The second kappa shape index (κ2) is 12.1. The molecule has 1 aromatic carbocycles. The third-order valence-corrected chi connectivity index (χ3v) is 7.41. The van der Waals surface area contributed by atoms with E-state index in [9.17, 15) is 18.4 Å². The Balaban J connectivity index is 1.50. The van der Waals surface area contributed by atoms with Gasteiger partial charge < -0.3 is 9.47 Å². The van der Waals surface area contributed by atoms with Crippen molar-refractivity contribution in [1.82, 2.24) is 0 Å². The summed E-state index contributed by atoms with van der Waals surface area (Å²) in [6, 6.07) is 6.28. The minimum Gasteiger partial charge on any atom is -0.460 e. The lowest BCUT2D eigenvalue weighted by atomic mass is 9.80. The molecular formula is C26H35ClF2O4. The molecule has 2 aliphatic rings. The van der Waals surface area contributed by atoms with Crippen LogP contribution < -0.4 is 0 Å². The Morgan fingerprint density at radius 2 is 1.30 bits per heavy atom. The van der Waals surface area contributed by atoms with Gasteiger partial charge in [0.2, 0.25) is 0 Å². The molecule has 0 radical (unpaired) electrons. The first kappa shape index (κ1) is 25.9. The van der Waals surface area contributed by atoms with Crippen LogP contribution in [0.1, 0.15) is 101 Å². The van der Waals surface area contributed by atoms with Gasteiger partial charge in [0, 0.05) is 5.02 Å². The third kappa shape index (κ3) is 6.91. The van der Waals surface area contributed by atoms with Gasteiger partial charge in [0.1, 0.15) is 12.2 Å². The fourth-order valence-electron chi connectivity index (χ4n) is 4.94. The molecule has 0 aliphatic heterocycles. The summed E-state index contributed by atoms with van der Waals surface area (Å²) in [6.07, 6.45) is 3.12. The lowest BCUT2D eigenvalue weighted by Gasteiger charge is -2.31. The second-order valence-electron chi connectivity index (χ2n) is 9.35. The molecule has 4 nitrogen and oxygen atoms in total. The summed E-state index contributed by atoms with van der Waals surface area (Å²) in [5.74, 6) is -0.840. The lowest BCUT2D eigenvalue weighted by Crippen LogP contribution is -2.28. The van der Waals surface area contributed by atoms with E-state index in [0.717, 1.165) is 49.1 Å². The van der Waals surface area contributed by atoms with Gasteiger partial charge in [0.05, 0.1) is 0 Å². The third-order valence-electron chi connectivity index (χ3n) is 7.08. The quantitative estimate of drug-likeness (QED) is 0.374. The maximum absolute atomic E-state index is 13.5. The molecule has 2 aliphatic carbocycles. The number of hydrogen-bond acceptors (Lipinski definition) is 4. The van der Waals surface area contributed by atoms with Crippen molar-refractivity contribution in [2.75, 3.05) is 0 Å². The number of alkyl halides is 2. The van der Waals surface area contributed by atoms with Crippen LogP contribution in [0.25, 0.3) is 0 Å². The summed E-state index contributed by atoms with van der Waals surface area (Å²) < 4.78 is 37.5. The number of rotatable bonds is 8. The maximum atomic E-state index is 13.5. The van der Waals surface area contributed by atoms with Crippen molar-refractivity contribution in [2.45, 2.75) is 114 Å². The molecule has 0 heterocycles. The monoisotopic (exact) mass is 484 g/mol. The zero-order valence-electron chi connectivity index (χ0n) is 19.5. The van der Waals surface area contributed by atoms with Crippen LogP contribution in [0.3, 0.4) is 0 Å². The van der Waals surface area contributed by atoms with Crippen molar-refractivity contribution in [3.8, 4) is 0 Å². The average Bonchev–Trinajstić information content (AvgIpc) is 2.83. The molecular weight excluding hydrogens is 450 g/mol. The summed E-state index contributed by atoms with van der Waals surface area (Å²) >= 11 is 6.67. The van der Waals surface area contributed by atoms with Crippen LogP contribution in [-0.4, -0.2) is 36.5 Å². The molecule has 0 saturated heterocycles. The topological polar surface area (TPSA) is 52.6 Å². The van der Waals surface area contributed by atoms with Gasteiger partial charge in [-0.1, -0.05) is 37.6 Å². The summed E-state index contributed by atoms with van der Waals surface area (Å²) in [5, 5.41) is 0.750. The van der Waals surface area contributed by atoms with Gasteiger partial charge in [-0.2, -0.15) is 0 Å². The largest absolute Gasteiger partial charge is 0.460 e. The van der Waals surface area contributed by atoms with E-state index in [-0.39, 0.29) is 25.0 Å². The smallest absolute Gasteiger partial charge is 0.340 e. The normalized spacial score (nSPS) is 27.4. The number of halogens is 3. The van der Waals surface area contributed by atoms with Crippen LogP contribution in [-0.2, 0) is 19.1 Å².